The number of halogens is 1. The number of hydrogen-bond acceptors (Lipinski definition) is 4. The first-order valence-corrected chi connectivity index (χ1v) is 7.92. The summed E-state index contributed by atoms with van der Waals surface area (Å²) >= 11 is 0. The molecule has 0 unspecified atom stereocenters. The number of fused-ring (bicyclic) bond motifs is 1. The number of carbonyl (C=O) groups excluding carboxylic acids is 1. The number of benzene rings is 1. The zero-order chi connectivity index (χ0) is 18.1. The number of aromatic nitrogens is 4. The van der Waals surface area contributed by atoms with Crippen LogP contribution in [0, 0.1) is 5.82 Å². The van der Waals surface area contributed by atoms with Crippen LogP contribution in [0.3, 0.4) is 0 Å². The lowest BCUT2D eigenvalue weighted by Gasteiger charge is -2.10. The van der Waals surface area contributed by atoms with Crippen LogP contribution < -0.4 is 5.32 Å². The number of aryl methyl sites for hydroxylation is 1. The zero-order valence-corrected chi connectivity index (χ0v) is 13.8. The number of nitrogens with zero attached hydrogens (tertiary/aromatic N) is 4. The van der Waals surface area contributed by atoms with E-state index in [1.54, 1.807) is 23.1 Å². The van der Waals surface area contributed by atoms with Gasteiger partial charge >= 0.3 is 0 Å². The van der Waals surface area contributed by atoms with Crippen LogP contribution in [0.15, 0.2) is 61.1 Å². The van der Waals surface area contributed by atoms with Crippen LogP contribution in [0.2, 0.25) is 0 Å². The Balaban J connectivity index is 1.81. The van der Waals surface area contributed by atoms with Gasteiger partial charge in [-0.2, -0.15) is 5.10 Å². The molecule has 6 nitrogen and oxygen atoms in total. The fraction of sp³-hybridized carbons (Fsp3) is 0.0526. The van der Waals surface area contributed by atoms with Crippen molar-refractivity contribution in [3.05, 3.63) is 72.4 Å². The van der Waals surface area contributed by atoms with Crippen molar-refractivity contribution in [3.63, 3.8) is 0 Å². The minimum absolute atomic E-state index is 0.270. The third kappa shape index (κ3) is 2.90. The number of anilines is 1. The van der Waals surface area contributed by atoms with Crippen LogP contribution in [-0.4, -0.2) is 25.7 Å². The highest BCUT2D eigenvalue weighted by Gasteiger charge is 2.15. The molecule has 0 aliphatic carbocycles. The summed E-state index contributed by atoms with van der Waals surface area (Å²) in [5.41, 5.74) is 2.72. The van der Waals surface area contributed by atoms with Gasteiger partial charge in [-0.05, 0) is 36.4 Å². The maximum Gasteiger partial charge on any atom is 0.259 e. The maximum absolute atomic E-state index is 13.0. The van der Waals surface area contributed by atoms with Gasteiger partial charge in [-0.25, -0.2) is 9.37 Å². The summed E-state index contributed by atoms with van der Waals surface area (Å²) in [6.45, 7) is 0. The Morgan fingerprint density at radius 2 is 2.00 bits per heavy atom. The molecule has 0 radical (unpaired) electrons. The fourth-order valence-electron chi connectivity index (χ4n) is 2.80. The van der Waals surface area contributed by atoms with Crippen LogP contribution in [-0.2, 0) is 7.05 Å². The number of carbonyl (C=O) groups is 1. The van der Waals surface area contributed by atoms with Crippen LogP contribution >= 0.6 is 0 Å². The molecule has 0 bridgehead atoms. The lowest BCUT2D eigenvalue weighted by atomic mass is 10.0. The van der Waals surface area contributed by atoms with Gasteiger partial charge in [0.25, 0.3) is 5.91 Å². The predicted molar refractivity (Wildman–Crippen MR) is 96.1 cm³/mol. The van der Waals surface area contributed by atoms with Gasteiger partial charge in [0.05, 0.1) is 23.0 Å². The molecule has 3 heterocycles. The van der Waals surface area contributed by atoms with Crippen LogP contribution in [0.4, 0.5) is 10.2 Å². The summed E-state index contributed by atoms with van der Waals surface area (Å²) in [5, 5.41) is 7.70. The molecule has 0 saturated heterocycles. The number of hydrogen-bond donors (Lipinski definition) is 1. The van der Waals surface area contributed by atoms with E-state index in [-0.39, 0.29) is 11.7 Å². The molecule has 0 aliphatic heterocycles. The average Bonchev–Trinajstić information content (AvgIpc) is 3.08. The maximum atomic E-state index is 13.0. The molecule has 0 fully saturated rings. The van der Waals surface area contributed by atoms with Crippen molar-refractivity contribution in [1.82, 2.24) is 19.7 Å². The SMILES string of the molecule is Cn1nccc1-c1cc(C(=O)Nc2ccc(F)cn2)c2ncccc2c1. The van der Waals surface area contributed by atoms with E-state index in [2.05, 4.69) is 20.4 Å². The van der Waals surface area contributed by atoms with Gasteiger partial charge in [0.2, 0.25) is 0 Å². The Kier molecular flexibility index (Phi) is 3.89. The molecule has 4 rings (SSSR count). The molecule has 0 saturated carbocycles. The Labute approximate surface area is 148 Å². The van der Waals surface area contributed by atoms with Crippen molar-refractivity contribution in [3.8, 4) is 11.3 Å². The Bertz CT molecular complexity index is 1100. The minimum atomic E-state index is -0.465. The molecule has 128 valence electrons. The van der Waals surface area contributed by atoms with E-state index in [1.807, 2.05) is 31.3 Å². The molecule has 3 aromatic heterocycles. The molecule has 0 atom stereocenters. The van der Waals surface area contributed by atoms with Gasteiger partial charge in [0, 0.05) is 30.4 Å². The number of amides is 1. The van der Waals surface area contributed by atoms with E-state index in [1.165, 1.54) is 12.1 Å². The summed E-state index contributed by atoms with van der Waals surface area (Å²) < 4.78 is 14.7. The van der Waals surface area contributed by atoms with Gasteiger partial charge in [-0.1, -0.05) is 6.07 Å². The van der Waals surface area contributed by atoms with E-state index in [4.69, 9.17) is 0 Å². The number of nitrogens with one attached hydrogen (secondary N) is 1. The molecule has 1 N–H and O–H groups in total. The largest absolute Gasteiger partial charge is 0.306 e. The first kappa shape index (κ1) is 15.9. The second-order valence-electron chi connectivity index (χ2n) is 5.75. The van der Waals surface area contributed by atoms with Crippen molar-refractivity contribution in [2.45, 2.75) is 0 Å². The van der Waals surface area contributed by atoms with Crippen molar-refractivity contribution in [1.29, 1.82) is 0 Å². The van der Waals surface area contributed by atoms with E-state index < -0.39 is 5.82 Å². The normalized spacial score (nSPS) is 10.8. The van der Waals surface area contributed by atoms with Crippen LogP contribution in [0.25, 0.3) is 22.2 Å². The number of rotatable bonds is 3. The highest BCUT2D eigenvalue weighted by atomic mass is 19.1. The zero-order valence-electron chi connectivity index (χ0n) is 13.8. The molecule has 0 spiro atoms. The second kappa shape index (κ2) is 6.36. The average molecular weight is 347 g/mol. The van der Waals surface area contributed by atoms with Crippen LogP contribution in [0.1, 0.15) is 10.4 Å². The predicted octanol–water partition coefficient (Wildman–Crippen LogP) is 3.42. The van der Waals surface area contributed by atoms with Crippen LogP contribution in [0.5, 0.6) is 0 Å². The second-order valence-corrected chi connectivity index (χ2v) is 5.75. The van der Waals surface area contributed by atoms with Gasteiger partial charge in [0.1, 0.15) is 11.6 Å². The van der Waals surface area contributed by atoms with Gasteiger partial charge in [-0.3, -0.25) is 14.5 Å². The highest BCUT2D eigenvalue weighted by molar-refractivity contribution is 6.12. The lowest BCUT2D eigenvalue weighted by Crippen LogP contribution is -2.14. The third-order valence-electron chi connectivity index (χ3n) is 4.04. The summed E-state index contributed by atoms with van der Waals surface area (Å²) in [7, 11) is 1.84. The summed E-state index contributed by atoms with van der Waals surface area (Å²) in [6.07, 6.45) is 4.39. The molecule has 4 aromatic rings. The topological polar surface area (TPSA) is 72.7 Å². The minimum Gasteiger partial charge on any atom is -0.306 e. The smallest absolute Gasteiger partial charge is 0.259 e. The molecule has 7 heteroatoms. The van der Waals surface area contributed by atoms with Crippen molar-refractivity contribution < 1.29 is 9.18 Å². The van der Waals surface area contributed by atoms with E-state index >= 15 is 0 Å². The molecular formula is C19H14FN5O. The first-order chi connectivity index (χ1) is 12.6. The first-order valence-electron chi connectivity index (χ1n) is 7.92. The van der Waals surface area contributed by atoms with Crippen molar-refractivity contribution >= 4 is 22.6 Å². The lowest BCUT2D eigenvalue weighted by molar-refractivity contribution is 0.102. The third-order valence-corrected chi connectivity index (χ3v) is 4.04. The van der Waals surface area contributed by atoms with E-state index in [0.29, 0.717) is 11.1 Å². The Morgan fingerprint density at radius 3 is 2.73 bits per heavy atom. The van der Waals surface area contributed by atoms with E-state index in [9.17, 15) is 9.18 Å². The van der Waals surface area contributed by atoms with E-state index in [0.717, 1.165) is 22.8 Å². The number of pyridine rings is 2. The molecule has 0 aliphatic rings. The summed E-state index contributed by atoms with van der Waals surface area (Å²) in [6, 6.07) is 12.0. The quantitative estimate of drug-likeness (QED) is 0.616. The molecule has 26 heavy (non-hydrogen) atoms. The van der Waals surface area contributed by atoms with Gasteiger partial charge in [-0.15, -0.1) is 0 Å². The molecule has 1 amide bonds. The van der Waals surface area contributed by atoms with Crippen molar-refractivity contribution in [2.75, 3.05) is 5.32 Å². The highest BCUT2D eigenvalue weighted by Crippen LogP contribution is 2.27. The molecular weight excluding hydrogens is 333 g/mol. The molecule has 1 aromatic carbocycles. The van der Waals surface area contributed by atoms with Crippen molar-refractivity contribution in [2.24, 2.45) is 7.05 Å². The van der Waals surface area contributed by atoms with Gasteiger partial charge in [0.15, 0.2) is 0 Å². The Morgan fingerprint density at radius 1 is 1.12 bits per heavy atom. The summed E-state index contributed by atoms with van der Waals surface area (Å²) in [5.74, 6) is -0.559. The monoisotopic (exact) mass is 347 g/mol. The fourth-order valence-corrected chi connectivity index (χ4v) is 2.80. The van der Waals surface area contributed by atoms with Gasteiger partial charge < -0.3 is 5.32 Å². The standard InChI is InChI=1S/C19H14FN5O/c1-25-16(6-8-23-25)13-9-12-3-2-7-21-18(12)15(10-13)19(26)24-17-5-4-14(20)11-22-17/h2-11H,1H3,(H,22,24,26). The Hall–Kier alpha value is -3.61. The summed E-state index contributed by atoms with van der Waals surface area (Å²) in [4.78, 5) is 21.0.